The number of alkyl halides is 2. The second-order valence-corrected chi connectivity index (χ2v) is 12.8. The third kappa shape index (κ3) is 3.47. The molecule has 41 heavy (non-hydrogen) atoms. The fourth-order valence-corrected chi connectivity index (χ4v) is 8.58. The maximum absolute atomic E-state index is 14.0. The Kier molecular flexibility index (Phi) is 5.73. The van der Waals surface area contributed by atoms with Gasteiger partial charge in [-0.3, -0.25) is 29.0 Å². The van der Waals surface area contributed by atoms with E-state index in [2.05, 4.69) is 0 Å². The van der Waals surface area contributed by atoms with Crippen molar-refractivity contribution in [1.82, 2.24) is 9.80 Å². The molecule has 2 aromatic rings. The van der Waals surface area contributed by atoms with E-state index in [1.807, 2.05) is 36.4 Å². The number of halogens is 2. The van der Waals surface area contributed by atoms with Crippen LogP contribution < -0.4 is 4.74 Å². The average Bonchev–Trinajstić information content (AvgIpc) is 3.28. The molecule has 210 valence electrons. The zero-order valence-corrected chi connectivity index (χ0v) is 23.6. The van der Waals surface area contributed by atoms with Crippen LogP contribution in [0.1, 0.15) is 24.0 Å². The summed E-state index contributed by atoms with van der Waals surface area (Å²) in [6.07, 6.45) is 3.96. The van der Waals surface area contributed by atoms with Crippen molar-refractivity contribution in [1.29, 1.82) is 0 Å². The monoisotopic (exact) mass is 592 g/mol. The fourth-order valence-electron chi connectivity index (χ4n) is 7.54. The molecule has 3 fully saturated rings. The first-order valence-electron chi connectivity index (χ1n) is 13.5. The van der Waals surface area contributed by atoms with E-state index in [0.717, 1.165) is 16.0 Å². The minimum Gasteiger partial charge on any atom is -0.508 e. The molecule has 2 saturated heterocycles. The Bertz CT molecular complexity index is 1600. The van der Waals surface area contributed by atoms with Gasteiger partial charge in [-0.05, 0) is 48.1 Å². The number of rotatable bonds is 3. The molecule has 10 heteroatoms. The molecule has 2 aromatic carbocycles. The second kappa shape index (κ2) is 8.94. The number of allylic oxidation sites excluding steroid dienone is 3. The highest BCUT2D eigenvalue weighted by atomic mass is 35.5. The summed E-state index contributed by atoms with van der Waals surface area (Å²) in [4.78, 5) is 53.4. The topological polar surface area (TPSA) is 104 Å². The van der Waals surface area contributed by atoms with Gasteiger partial charge in [0.2, 0.25) is 11.8 Å². The lowest BCUT2D eigenvalue weighted by atomic mass is 9.56. The van der Waals surface area contributed by atoms with Gasteiger partial charge < -0.3 is 9.84 Å². The molecule has 0 spiro atoms. The Morgan fingerprint density at radius 1 is 1.00 bits per heavy atom. The first-order valence-corrected chi connectivity index (χ1v) is 14.3. The van der Waals surface area contributed by atoms with Crippen LogP contribution in [0.5, 0.6) is 11.5 Å². The van der Waals surface area contributed by atoms with Crippen molar-refractivity contribution in [3.05, 3.63) is 83.1 Å². The Morgan fingerprint density at radius 3 is 2.51 bits per heavy atom. The fraction of sp³-hybridized carbons (Fsp3) is 0.355. The third-order valence-electron chi connectivity index (χ3n) is 9.44. The summed E-state index contributed by atoms with van der Waals surface area (Å²) < 4.78 is 5.91. The lowest BCUT2D eigenvalue weighted by Crippen LogP contribution is -2.61. The lowest BCUT2D eigenvalue weighted by Gasteiger charge is -2.51. The van der Waals surface area contributed by atoms with Crippen LogP contribution in [0, 0.1) is 23.7 Å². The van der Waals surface area contributed by atoms with E-state index < -0.39 is 45.2 Å². The highest BCUT2D eigenvalue weighted by Crippen LogP contribution is 2.64. The van der Waals surface area contributed by atoms with Crippen LogP contribution in [0.3, 0.4) is 0 Å². The summed E-state index contributed by atoms with van der Waals surface area (Å²) in [5.74, 6) is -3.99. The summed E-state index contributed by atoms with van der Waals surface area (Å²) in [7, 11) is 1.36. The van der Waals surface area contributed by atoms with Crippen molar-refractivity contribution in [3.8, 4) is 11.5 Å². The van der Waals surface area contributed by atoms with E-state index in [4.69, 9.17) is 27.9 Å². The number of carbonyl (C=O) groups is 4. The number of ether oxygens (including phenoxy) is 1. The van der Waals surface area contributed by atoms with E-state index >= 15 is 0 Å². The summed E-state index contributed by atoms with van der Waals surface area (Å²) in [6.45, 7) is 0.155. The summed E-state index contributed by atoms with van der Waals surface area (Å²) in [5.41, 5.74) is 2.84. The van der Waals surface area contributed by atoms with Crippen molar-refractivity contribution in [2.45, 2.75) is 35.6 Å². The number of phenolic OH excluding ortho intramolecular Hbond substituents is 1. The molecule has 5 aliphatic rings. The number of likely N-dealkylation sites (tertiary alicyclic amines) is 2. The predicted molar refractivity (Wildman–Crippen MR) is 149 cm³/mol. The average molecular weight is 593 g/mol. The minimum absolute atomic E-state index is 0.0554. The van der Waals surface area contributed by atoms with E-state index in [9.17, 15) is 24.3 Å². The first kappa shape index (κ1) is 26.3. The normalized spacial score (nSPS) is 33.9. The highest BCUT2D eigenvalue weighted by molar-refractivity contribution is 6.53. The number of carbonyl (C=O) groups excluding carboxylic acids is 4. The minimum atomic E-state index is -1.87. The van der Waals surface area contributed by atoms with Gasteiger partial charge in [-0.2, -0.15) is 0 Å². The molecule has 1 N–H and O–H groups in total. The number of fused-ring (bicyclic) bond motifs is 5. The first-order chi connectivity index (χ1) is 19.6. The zero-order chi connectivity index (χ0) is 28.8. The molecular weight excluding hydrogens is 567 g/mol. The molecule has 7 rings (SSSR count). The maximum Gasteiger partial charge on any atom is 0.253 e. The largest absolute Gasteiger partial charge is 0.508 e. The number of aromatic hydroxyl groups is 1. The van der Waals surface area contributed by atoms with Crippen LogP contribution in [0.25, 0.3) is 0 Å². The van der Waals surface area contributed by atoms with Crippen LogP contribution in [0.2, 0.25) is 0 Å². The quantitative estimate of drug-likeness (QED) is 0.329. The maximum atomic E-state index is 14.0. The molecule has 0 radical (unpaired) electrons. The van der Waals surface area contributed by atoms with Crippen LogP contribution in [0.15, 0.2) is 72.0 Å². The number of amides is 4. The Hall–Kier alpha value is -3.62. The van der Waals surface area contributed by atoms with Crippen LogP contribution >= 0.6 is 23.2 Å². The van der Waals surface area contributed by atoms with Crippen molar-refractivity contribution in [2.24, 2.45) is 23.7 Å². The van der Waals surface area contributed by atoms with Gasteiger partial charge in [0.25, 0.3) is 11.8 Å². The number of nitrogens with zero attached hydrogens (tertiary/aromatic N) is 2. The molecule has 8 nitrogen and oxygen atoms in total. The van der Waals surface area contributed by atoms with Crippen LogP contribution in [-0.2, 0) is 32.1 Å². The molecule has 0 aromatic heterocycles. The van der Waals surface area contributed by atoms with Gasteiger partial charge in [0.1, 0.15) is 11.5 Å². The number of benzene rings is 2. The summed E-state index contributed by atoms with van der Waals surface area (Å²) >= 11 is 14.4. The number of imide groups is 2. The smallest absolute Gasteiger partial charge is 0.253 e. The van der Waals surface area contributed by atoms with E-state index in [1.54, 1.807) is 12.1 Å². The summed E-state index contributed by atoms with van der Waals surface area (Å²) in [5, 5.41) is 10.1. The molecule has 3 aliphatic heterocycles. The predicted octanol–water partition coefficient (Wildman–Crippen LogP) is 3.93. The number of phenols is 1. The van der Waals surface area contributed by atoms with Gasteiger partial charge in [-0.25, -0.2) is 0 Å². The Labute approximate surface area is 246 Å². The van der Waals surface area contributed by atoms with Gasteiger partial charge >= 0.3 is 0 Å². The van der Waals surface area contributed by atoms with Gasteiger partial charge in [0.05, 0.1) is 24.6 Å². The molecular formula is C31H26Cl2N2O6. The van der Waals surface area contributed by atoms with Gasteiger partial charge in [0, 0.05) is 24.9 Å². The molecule has 0 bridgehead atoms. The van der Waals surface area contributed by atoms with E-state index in [1.165, 1.54) is 24.3 Å². The molecule has 6 atom stereocenters. The standard InChI is InChI=1S/C31H26Cl2N2O6/c1-34-28(39)30(32)13-22-20(8-9-21-24(22)27(38)35(26(21)37)14-16-5-3-2-4-6-16)25(31(30,33)29(34)40)18-11-17-12-19(36)7-10-23(17)41-15-18/h2-8,10,12,15,21-22,24-25,36H,9,11,13-14H2,1H3/t21-,22+,24-,25-,30+,31-/m0/s1. The van der Waals surface area contributed by atoms with E-state index in [0.29, 0.717) is 23.3 Å². The Balaban J connectivity index is 1.33. The van der Waals surface area contributed by atoms with Gasteiger partial charge in [-0.15, -0.1) is 23.2 Å². The van der Waals surface area contributed by atoms with Gasteiger partial charge in [-0.1, -0.05) is 42.0 Å². The van der Waals surface area contributed by atoms with Gasteiger partial charge in [0.15, 0.2) is 9.75 Å². The lowest BCUT2D eigenvalue weighted by molar-refractivity contribution is -0.141. The molecule has 3 heterocycles. The van der Waals surface area contributed by atoms with Crippen molar-refractivity contribution < 1.29 is 29.0 Å². The van der Waals surface area contributed by atoms with Crippen molar-refractivity contribution >= 4 is 46.8 Å². The highest BCUT2D eigenvalue weighted by Gasteiger charge is 2.76. The molecule has 2 aliphatic carbocycles. The van der Waals surface area contributed by atoms with Crippen LogP contribution in [0.4, 0.5) is 0 Å². The SMILES string of the molecule is CN1C(=O)[C@]2(Cl)C[C@@H]3C(=CC[C@@H]4C(=O)N(Cc5ccccc5)C(=O)[C@@H]43)[C@H](C3=COc4ccc(O)cc4C3)[C@]2(Cl)C1=O. The number of hydrogen-bond donors (Lipinski definition) is 1. The van der Waals surface area contributed by atoms with E-state index in [-0.39, 0.29) is 37.0 Å². The van der Waals surface area contributed by atoms with Crippen LogP contribution in [-0.4, -0.2) is 55.3 Å². The third-order valence-corrected chi connectivity index (χ3v) is 10.8. The van der Waals surface area contributed by atoms with Crippen molar-refractivity contribution in [3.63, 3.8) is 0 Å². The zero-order valence-electron chi connectivity index (χ0n) is 22.1. The molecule has 0 unspecified atom stereocenters. The summed E-state index contributed by atoms with van der Waals surface area (Å²) in [6, 6.07) is 14.1. The number of hydrogen-bond acceptors (Lipinski definition) is 6. The second-order valence-electron chi connectivity index (χ2n) is 11.5. The Morgan fingerprint density at radius 2 is 1.76 bits per heavy atom. The van der Waals surface area contributed by atoms with Crippen molar-refractivity contribution in [2.75, 3.05) is 7.05 Å². The molecule has 1 saturated carbocycles. The molecule has 4 amide bonds.